The van der Waals surface area contributed by atoms with Gasteiger partial charge in [0.15, 0.2) is 0 Å². The van der Waals surface area contributed by atoms with Crippen LogP contribution in [0.2, 0.25) is 0 Å². The van der Waals surface area contributed by atoms with Crippen LogP contribution < -0.4 is 0 Å². The summed E-state index contributed by atoms with van der Waals surface area (Å²) in [6.45, 7) is 1.88. The first-order valence-corrected chi connectivity index (χ1v) is 7.54. The number of pyridine rings is 1. The number of hydrogen-bond acceptors (Lipinski definition) is 4. The van der Waals surface area contributed by atoms with Crippen molar-refractivity contribution in [1.82, 2.24) is 4.98 Å². The molecule has 2 aromatic heterocycles. The smallest absolute Gasteiger partial charge is 0.316 e. The normalized spacial score (nSPS) is 12.8. The first kappa shape index (κ1) is 12.9. The third-order valence-corrected chi connectivity index (χ3v) is 5.46. The Morgan fingerprint density at radius 2 is 2.47 bits per heavy atom. The Balaban J connectivity index is 2.38. The summed E-state index contributed by atoms with van der Waals surface area (Å²) in [4.78, 5) is 16.3. The summed E-state index contributed by atoms with van der Waals surface area (Å²) in [5.41, 5.74) is 0.909. The molecule has 0 radical (unpaired) electrons. The van der Waals surface area contributed by atoms with E-state index in [0.29, 0.717) is 6.42 Å². The minimum atomic E-state index is -0.766. The highest BCUT2D eigenvalue weighted by Crippen LogP contribution is 2.37. The molecule has 1 atom stereocenters. The van der Waals surface area contributed by atoms with Crippen LogP contribution in [0.4, 0.5) is 0 Å². The summed E-state index contributed by atoms with van der Waals surface area (Å²) in [6, 6.07) is 3.83. The van der Waals surface area contributed by atoms with E-state index in [-0.39, 0.29) is 0 Å². The fourth-order valence-electron chi connectivity index (χ4n) is 1.44. The van der Waals surface area contributed by atoms with Crippen molar-refractivity contribution in [1.29, 1.82) is 0 Å². The lowest BCUT2D eigenvalue weighted by Crippen LogP contribution is -2.14. The minimum Gasteiger partial charge on any atom is -0.480 e. The van der Waals surface area contributed by atoms with Gasteiger partial charge < -0.3 is 5.11 Å². The summed E-state index contributed by atoms with van der Waals surface area (Å²) >= 11 is 6.40. The number of carbonyl (C=O) groups is 1. The van der Waals surface area contributed by atoms with Crippen LogP contribution >= 0.6 is 39.0 Å². The molecule has 0 saturated heterocycles. The predicted molar refractivity (Wildman–Crippen MR) is 74.9 cm³/mol. The number of hydrogen-bond donors (Lipinski definition) is 1. The lowest BCUT2D eigenvalue weighted by Gasteiger charge is -2.09. The van der Waals surface area contributed by atoms with E-state index in [2.05, 4.69) is 20.9 Å². The third kappa shape index (κ3) is 2.81. The van der Waals surface area contributed by atoms with E-state index in [0.717, 1.165) is 18.9 Å². The molecule has 0 fully saturated rings. The highest BCUT2D eigenvalue weighted by atomic mass is 79.9. The van der Waals surface area contributed by atoms with Crippen molar-refractivity contribution in [3.05, 3.63) is 22.1 Å². The number of carboxylic acids is 1. The first-order chi connectivity index (χ1) is 8.11. The molecule has 3 nitrogen and oxygen atoms in total. The summed E-state index contributed by atoms with van der Waals surface area (Å²) in [5.74, 6) is -0.766. The molecule has 0 aliphatic heterocycles. The number of rotatable bonds is 4. The Bertz CT molecular complexity index is 555. The molecule has 2 rings (SSSR count). The van der Waals surface area contributed by atoms with Crippen LogP contribution in [-0.2, 0) is 4.79 Å². The molecule has 0 bridgehead atoms. The van der Waals surface area contributed by atoms with Gasteiger partial charge in [-0.15, -0.1) is 23.1 Å². The fraction of sp³-hybridized carbons (Fsp3) is 0.273. The van der Waals surface area contributed by atoms with Crippen molar-refractivity contribution >= 4 is 55.2 Å². The number of aliphatic carboxylic acids is 1. The zero-order valence-electron chi connectivity index (χ0n) is 9.01. The number of thioether (sulfide) groups is 1. The average Bonchev–Trinajstić information content (AvgIpc) is 2.66. The first-order valence-electron chi connectivity index (χ1n) is 5.05. The van der Waals surface area contributed by atoms with E-state index in [1.807, 2.05) is 19.1 Å². The van der Waals surface area contributed by atoms with Gasteiger partial charge in [0.05, 0.1) is 14.0 Å². The molecule has 2 aromatic rings. The lowest BCUT2D eigenvalue weighted by atomic mass is 10.3. The molecule has 1 N–H and O–H groups in total. The Morgan fingerprint density at radius 3 is 3.12 bits per heavy atom. The number of fused-ring (bicyclic) bond motifs is 1. The number of nitrogens with zero attached hydrogens (tertiary/aromatic N) is 1. The monoisotopic (exact) mass is 331 g/mol. The van der Waals surface area contributed by atoms with Crippen LogP contribution in [0.5, 0.6) is 0 Å². The number of halogens is 1. The molecule has 90 valence electrons. The molecule has 0 aliphatic rings. The molecular weight excluding hydrogens is 322 g/mol. The van der Waals surface area contributed by atoms with Crippen LogP contribution in [0.3, 0.4) is 0 Å². The standard InChI is InChI=1S/C11H10BrNO2S2/c1-2-7(11(14)15)16-8-3-4-13-6-5-9(12)17-10(6)8/h3-5,7H,2H2,1H3,(H,14,15). The maximum Gasteiger partial charge on any atom is 0.316 e. The van der Waals surface area contributed by atoms with Crippen molar-refractivity contribution in [2.75, 3.05) is 0 Å². The predicted octanol–water partition coefficient (Wildman–Crippen LogP) is 4.01. The molecule has 0 spiro atoms. The van der Waals surface area contributed by atoms with Crippen LogP contribution in [-0.4, -0.2) is 21.3 Å². The molecule has 1 unspecified atom stereocenters. The number of thiophene rings is 1. The van der Waals surface area contributed by atoms with E-state index < -0.39 is 11.2 Å². The van der Waals surface area contributed by atoms with E-state index in [4.69, 9.17) is 5.11 Å². The Kier molecular flexibility index (Phi) is 4.06. The summed E-state index contributed by atoms with van der Waals surface area (Å²) < 4.78 is 2.06. The molecule has 0 aromatic carbocycles. The zero-order chi connectivity index (χ0) is 12.4. The van der Waals surface area contributed by atoms with Crippen molar-refractivity contribution in [3.8, 4) is 0 Å². The topological polar surface area (TPSA) is 50.2 Å². The Morgan fingerprint density at radius 1 is 1.71 bits per heavy atom. The van der Waals surface area contributed by atoms with Gasteiger partial charge in [-0.25, -0.2) is 0 Å². The van der Waals surface area contributed by atoms with Gasteiger partial charge in [0.2, 0.25) is 0 Å². The van der Waals surface area contributed by atoms with Gasteiger partial charge in [0, 0.05) is 11.1 Å². The fourth-order valence-corrected chi connectivity index (χ4v) is 4.09. The molecule has 6 heteroatoms. The van der Waals surface area contributed by atoms with Crippen molar-refractivity contribution in [3.63, 3.8) is 0 Å². The quantitative estimate of drug-likeness (QED) is 0.860. The van der Waals surface area contributed by atoms with Gasteiger partial charge in [-0.1, -0.05) is 6.92 Å². The van der Waals surface area contributed by atoms with Gasteiger partial charge in [0.1, 0.15) is 5.25 Å². The molecule has 0 amide bonds. The molecular formula is C11H10BrNO2S2. The summed E-state index contributed by atoms with van der Waals surface area (Å²) in [5, 5.41) is 8.67. The van der Waals surface area contributed by atoms with Crippen LogP contribution in [0.1, 0.15) is 13.3 Å². The van der Waals surface area contributed by atoms with Crippen LogP contribution in [0.15, 0.2) is 27.0 Å². The minimum absolute atomic E-state index is 0.401. The van der Waals surface area contributed by atoms with Crippen molar-refractivity contribution in [2.24, 2.45) is 0 Å². The molecule has 17 heavy (non-hydrogen) atoms. The van der Waals surface area contributed by atoms with Gasteiger partial charge in [0.25, 0.3) is 0 Å². The Labute approximate surface area is 115 Å². The second-order valence-electron chi connectivity index (χ2n) is 3.43. The largest absolute Gasteiger partial charge is 0.480 e. The van der Waals surface area contributed by atoms with E-state index in [1.54, 1.807) is 17.5 Å². The lowest BCUT2D eigenvalue weighted by molar-refractivity contribution is -0.136. The summed E-state index contributed by atoms with van der Waals surface area (Å²) in [6.07, 6.45) is 2.33. The Hall–Kier alpha value is -0.590. The zero-order valence-corrected chi connectivity index (χ0v) is 12.2. The second-order valence-corrected chi connectivity index (χ2v) is 7.10. The maximum absolute atomic E-state index is 11.0. The molecule has 0 saturated carbocycles. The van der Waals surface area contributed by atoms with Gasteiger partial charge in [-0.05, 0) is 34.5 Å². The van der Waals surface area contributed by atoms with Gasteiger partial charge in [-0.2, -0.15) is 0 Å². The highest BCUT2D eigenvalue weighted by molar-refractivity contribution is 9.11. The number of aromatic nitrogens is 1. The number of carboxylic acid groups (broad SMARTS) is 1. The maximum atomic E-state index is 11.0. The SMILES string of the molecule is CCC(Sc1ccnc2cc(Br)sc12)C(=O)O. The van der Waals surface area contributed by atoms with E-state index in [9.17, 15) is 4.79 Å². The van der Waals surface area contributed by atoms with Crippen LogP contribution in [0.25, 0.3) is 10.2 Å². The van der Waals surface area contributed by atoms with E-state index in [1.165, 1.54) is 11.8 Å². The molecule has 2 heterocycles. The van der Waals surface area contributed by atoms with Crippen LogP contribution in [0, 0.1) is 0 Å². The van der Waals surface area contributed by atoms with Gasteiger partial charge >= 0.3 is 5.97 Å². The van der Waals surface area contributed by atoms with Gasteiger partial charge in [-0.3, -0.25) is 9.78 Å². The summed E-state index contributed by atoms with van der Waals surface area (Å²) in [7, 11) is 0. The third-order valence-electron chi connectivity index (χ3n) is 2.26. The highest BCUT2D eigenvalue weighted by Gasteiger charge is 2.18. The van der Waals surface area contributed by atoms with E-state index >= 15 is 0 Å². The van der Waals surface area contributed by atoms with Crippen molar-refractivity contribution < 1.29 is 9.90 Å². The van der Waals surface area contributed by atoms with Crippen molar-refractivity contribution in [2.45, 2.75) is 23.5 Å². The average molecular weight is 332 g/mol. The second kappa shape index (κ2) is 5.37. The molecule has 0 aliphatic carbocycles.